The number of hydrogen-bond acceptors (Lipinski definition) is 2. The molecule has 3 nitrogen and oxygen atoms in total. The van der Waals surface area contributed by atoms with E-state index >= 15 is 0 Å². The fourth-order valence-corrected chi connectivity index (χ4v) is 5.56. The third-order valence-electron chi connectivity index (χ3n) is 4.60. The maximum atomic E-state index is 4.55. The van der Waals surface area contributed by atoms with Crippen LogP contribution in [-0.4, -0.2) is 29.7 Å². The molecule has 0 saturated heterocycles. The van der Waals surface area contributed by atoms with Gasteiger partial charge in [0, 0.05) is 0 Å². The quantitative estimate of drug-likeness (QED) is 0.472. The van der Waals surface area contributed by atoms with Crippen LogP contribution >= 0.6 is 0 Å². The molecular weight excluding hydrogens is 361 g/mol. The number of nitrogens with zero attached hydrogens (tertiary/aromatic N) is 2. The molecule has 0 radical (unpaired) electrons. The molecule has 1 N–H and O–H groups in total. The molecule has 2 aromatic heterocycles. The normalized spacial score (nSPS) is 12.2. The molecule has 0 atom stereocenters. The van der Waals surface area contributed by atoms with Gasteiger partial charge in [-0.25, -0.2) is 0 Å². The van der Waals surface area contributed by atoms with Crippen LogP contribution in [0.15, 0.2) is 54.6 Å². The predicted molar refractivity (Wildman–Crippen MR) is 97.2 cm³/mol. The summed E-state index contributed by atoms with van der Waals surface area (Å²) in [6.07, 6.45) is 0.987. The first kappa shape index (κ1) is 14.0. The zero-order chi connectivity index (χ0) is 16.1. The van der Waals surface area contributed by atoms with Gasteiger partial charge in [0.05, 0.1) is 0 Å². The van der Waals surface area contributed by atoms with E-state index in [0.717, 1.165) is 15.6 Å². The van der Waals surface area contributed by atoms with Gasteiger partial charge >= 0.3 is 146 Å². The third kappa shape index (κ3) is 2.04. The molecule has 0 unspecified atom stereocenters. The maximum absolute atomic E-state index is 4.55. The average molecular weight is 376 g/mol. The SMILES string of the molecule is Cc1[nH]c2c(c1-c1nnc(-c3ccccc3)[se]1)Cc1ccccc1-2. The predicted octanol–water partition coefficient (Wildman–Crippen LogP) is 4.08. The Kier molecular flexibility index (Phi) is 3.08. The van der Waals surface area contributed by atoms with Crippen LogP contribution in [0.3, 0.4) is 0 Å². The molecule has 24 heavy (non-hydrogen) atoms. The van der Waals surface area contributed by atoms with Crippen molar-refractivity contribution in [2.24, 2.45) is 0 Å². The molecule has 116 valence electrons. The van der Waals surface area contributed by atoms with Gasteiger partial charge in [0.25, 0.3) is 0 Å². The summed E-state index contributed by atoms with van der Waals surface area (Å²) in [6.45, 7) is 2.15. The molecular formula is C20H15N3Se. The van der Waals surface area contributed by atoms with Crippen molar-refractivity contribution in [1.29, 1.82) is 0 Å². The number of benzene rings is 2. The Hall–Kier alpha value is -2.42. The van der Waals surface area contributed by atoms with Gasteiger partial charge in [0.2, 0.25) is 0 Å². The van der Waals surface area contributed by atoms with Gasteiger partial charge < -0.3 is 0 Å². The van der Waals surface area contributed by atoms with Crippen LogP contribution < -0.4 is 0 Å². The number of fused-ring (bicyclic) bond motifs is 3. The summed E-state index contributed by atoms with van der Waals surface area (Å²) in [7, 11) is 0. The summed E-state index contributed by atoms with van der Waals surface area (Å²) in [6, 6.07) is 19.0. The standard InChI is InChI=1S/C20H15N3Se/c1-12-17(16-11-14-9-5-6-10-15(14)18(16)21-12)20-23-22-19(24-20)13-7-3-2-4-8-13/h2-10,21H,11H2,1H3. The van der Waals surface area contributed by atoms with Crippen LogP contribution in [0.2, 0.25) is 0 Å². The fraction of sp³-hybridized carbons (Fsp3) is 0.100. The van der Waals surface area contributed by atoms with Gasteiger partial charge in [-0.3, -0.25) is 0 Å². The molecule has 5 rings (SSSR count). The molecule has 2 heterocycles. The molecule has 0 bridgehead atoms. The molecule has 1 aliphatic carbocycles. The number of rotatable bonds is 2. The van der Waals surface area contributed by atoms with Crippen molar-refractivity contribution >= 4 is 14.5 Å². The number of aryl methyl sites for hydroxylation is 1. The first-order chi connectivity index (χ1) is 11.8. The summed E-state index contributed by atoms with van der Waals surface area (Å²) < 4.78 is 2.26. The second-order valence-corrected chi connectivity index (χ2v) is 8.14. The van der Waals surface area contributed by atoms with Gasteiger partial charge in [-0.2, -0.15) is 0 Å². The van der Waals surface area contributed by atoms with E-state index in [9.17, 15) is 0 Å². The summed E-state index contributed by atoms with van der Waals surface area (Å²) in [4.78, 5) is 3.59. The molecule has 4 heteroatoms. The van der Waals surface area contributed by atoms with Crippen molar-refractivity contribution in [1.82, 2.24) is 15.2 Å². The zero-order valence-corrected chi connectivity index (χ0v) is 14.9. The molecule has 0 spiro atoms. The summed E-state index contributed by atoms with van der Waals surface area (Å²) in [5.74, 6) is 0. The second kappa shape index (κ2) is 5.30. The Bertz CT molecular complexity index is 1040. The van der Waals surface area contributed by atoms with Crippen LogP contribution in [0, 0.1) is 6.92 Å². The van der Waals surface area contributed by atoms with Gasteiger partial charge in [0.1, 0.15) is 0 Å². The molecule has 0 saturated carbocycles. The Morgan fingerprint density at radius 3 is 2.54 bits per heavy atom. The van der Waals surface area contributed by atoms with Gasteiger partial charge in [-0.05, 0) is 0 Å². The Morgan fingerprint density at radius 2 is 1.67 bits per heavy atom. The van der Waals surface area contributed by atoms with Crippen molar-refractivity contribution in [3.63, 3.8) is 0 Å². The van der Waals surface area contributed by atoms with Crippen LogP contribution in [0.5, 0.6) is 0 Å². The second-order valence-electron chi connectivity index (χ2n) is 6.09. The van der Waals surface area contributed by atoms with Crippen LogP contribution in [-0.2, 0) is 6.42 Å². The minimum atomic E-state index is 0.150. The first-order valence-electron chi connectivity index (χ1n) is 8.00. The van der Waals surface area contributed by atoms with Crippen molar-refractivity contribution in [3.05, 3.63) is 71.4 Å². The van der Waals surface area contributed by atoms with Crippen LogP contribution in [0.4, 0.5) is 0 Å². The Morgan fingerprint density at radius 1 is 0.917 bits per heavy atom. The topological polar surface area (TPSA) is 41.6 Å². The van der Waals surface area contributed by atoms with E-state index in [1.54, 1.807) is 0 Å². The summed E-state index contributed by atoms with van der Waals surface area (Å²) >= 11 is 0.150. The van der Waals surface area contributed by atoms with Crippen molar-refractivity contribution in [2.75, 3.05) is 0 Å². The minimum absolute atomic E-state index is 0.150. The molecule has 0 fully saturated rings. The van der Waals surface area contributed by atoms with Crippen LogP contribution in [0.25, 0.3) is 31.5 Å². The third-order valence-corrected chi connectivity index (χ3v) is 6.68. The van der Waals surface area contributed by atoms with E-state index in [0.29, 0.717) is 0 Å². The van der Waals surface area contributed by atoms with Crippen molar-refractivity contribution < 1.29 is 0 Å². The van der Waals surface area contributed by atoms with Gasteiger partial charge in [0.15, 0.2) is 0 Å². The van der Waals surface area contributed by atoms with E-state index in [4.69, 9.17) is 0 Å². The number of H-pyrrole nitrogens is 1. The van der Waals surface area contributed by atoms with Gasteiger partial charge in [-0.15, -0.1) is 0 Å². The number of aromatic nitrogens is 3. The zero-order valence-electron chi connectivity index (χ0n) is 13.2. The van der Waals surface area contributed by atoms with E-state index in [1.807, 2.05) is 6.07 Å². The van der Waals surface area contributed by atoms with E-state index < -0.39 is 0 Å². The number of nitrogens with one attached hydrogen (secondary N) is 1. The molecule has 4 aromatic rings. The number of hydrogen-bond donors (Lipinski definition) is 1. The van der Waals surface area contributed by atoms with E-state index in [1.165, 1.54) is 39.2 Å². The molecule has 1 aliphatic rings. The van der Waals surface area contributed by atoms with Gasteiger partial charge in [-0.1, -0.05) is 0 Å². The van der Waals surface area contributed by atoms with E-state index in [2.05, 4.69) is 70.6 Å². The Balaban J connectivity index is 1.63. The Labute approximate surface area is 146 Å². The monoisotopic (exact) mass is 377 g/mol. The fourth-order valence-electron chi connectivity index (χ4n) is 3.50. The summed E-state index contributed by atoms with van der Waals surface area (Å²) in [5.41, 5.74) is 9.07. The van der Waals surface area contributed by atoms with Crippen LogP contribution in [0.1, 0.15) is 16.8 Å². The van der Waals surface area contributed by atoms with E-state index in [-0.39, 0.29) is 14.5 Å². The van der Waals surface area contributed by atoms with Crippen molar-refractivity contribution in [3.8, 4) is 31.5 Å². The molecule has 2 aromatic carbocycles. The summed E-state index contributed by atoms with van der Waals surface area (Å²) in [5, 5.41) is 9.03. The number of aromatic amines is 1. The molecule has 0 aliphatic heterocycles. The average Bonchev–Trinajstić information content (AvgIpc) is 3.29. The van der Waals surface area contributed by atoms with Crippen molar-refractivity contribution in [2.45, 2.75) is 13.3 Å². The molecule has 0 amide bonds. The first-order valence-corrected chi connectivity index (χ1v) is 9.71.